The molecule has 0 bridgehead atoms. The fourth-order valence-corrected chi connectivity index (χ4v) is 1.97. The van der Waals surface area contributed by atoms with Crippen molar-refractivity contribution in [3.63, 3.8) is 0 Å². The van der Waals surface area contributed by atoms with Crippen LogP contribution in [0.2, 0.25) is 0 Å². The van der Waals surface area contributed by atoms with Crippen molar-refractivity contribution in [1.82, 2.24) is 0 Å². The summed E-state index contributed by atoms with van der Waals surface area (Å²) in [6, 6.07) is 9.12. The predicted octanol–water partition coefficient (Wildman–Crippen LogP) is 3.65. The van der Waals surface area contributed by atoms with Crippen molar-refractivity contribution in [2.24, 2.45) is 0 Å². The number of nitro groups is 1. The number of anilines is 2. The third kappa shape index (κ3) is 3.00. The van der Waals surface area contributed by atoms with Crippen molar-refractivity contribution in [1.29, 1.82) is 0 Å². The number of carbonyl (C=O) groups is 1. The Labute approximate surface area is 121 Å². The number of nitrogens with one attached hydrogen (secondary N) is 1. The van der Waals surface area contributed by atoms with Crippen molar-refractivity contribution in [2.75, 3.05) is 5.32 Å². The minimum Gasteiger partial charge on any atom is -0.478 e. The van der Waals surface area contributed by atoms with Gasteiger partial charge in [-0.3, -0.25) is 10.1 Å². The number of rotatable bonds is 4. The summed E-state index contributed by atoms with van der Waals surface area (Å²) in [5.74, 6) is -1.03. The van der Waals surface area contributed by atoms with Crippen LogP contribution in [0.4, 0.5) is 17.1 Å². The largest absolute Gasteiger partial charge is 0.478 e. The monoisotopic (exact) mass is 286 g/mol. The fraction of sp³-hybridized carbons (Fsp3) is 0.133. The van der Waals surface area contributed by atoms with Gasteiger partial charge in [-0.2, -0.15) is 0 Å². The minimum atomic E-state index is -1.03. The Morgan fingerprint density at radius 1 is 1.14 bits per heavy atom. The van der Waals surface area contributed by atoms with E-state index in [9.17, 15) is 20.0 Å². The first-order valence-electron chi connectivity index (χ1n) is 6.25. The Bertz CT molecular complexity index is 708. The highest BCUT2D eigenvalue weighted by Crippen LogP contribution is 2.28. The van der Waals surface area contributed by atoms with E-state index >= 15 is 0 Å². The zero-order valence-electron chi connectivity index (χ0n) is 11.6. The zero-order chi connectivity index (χ0) is 15.6. The number of hydrogen-bond donors (Lipinski definition) is 2. The molecule has 0 saturated carbocycles. The molecule has 2 rings (SSSR count). The third-order valence-corrected chi connectivity index (χ3v) is 3.31. The van der Waals surface area contributed by atoms with Crippen molar-refractivity contribution in [3.05, 3.63) is 63.2 Å². The lowest BCUT2D eigenvalue weighted by Gasteiger charge is -2.14. The number of non-ortho nitro benzene ring substituents is 1. The van der Waals surface area contributed by atoms with Gasteiger partial charge in [0.1, 0.15) is 0 Å². The van der Waals surface area contributed by atoms with Crippen molar-refractivity contribution >= 4 is 23.0 Å². The molecular formula is C15H14N2O4. The van der Waals surface area contributed by atoms with Gasteiger partial charge in [-0.15, -0.1) is 0 Å². The van der Waals surface area contributed by atoms with Gasteiger partial charge in [0, 0.05) is 17.8 Å². The van der Waals surface area contributed by atoms with Crippen LogP contribution in [-0.4, -0.2) is 16.0 Å². The van der Waals surface area contributed by atoms with Crippen LogP contribution in [0.5, 0.6) is 0 Å². The van der Waals surface area contributed by atoms with Crippen molar-refractivity contribution in [2.45, 2.75) is 13.8 Å². The Morgan fingerprint density at radius 3 is 2.29 bits per heavy atom. The van der Waals surface area contributed by atoms with Crippen LogP contribution in [0.15, 0.2) is 36.4 Å². The number of aryl methyl sites for hydroxylation is 1. The molecule has 108 valence electrons. The molecule has 0 aliphatic rings. The van der Waals surface area contributed by atoms with Gasteiger partial charge in [0.15, 0.2) is 0 Å². The lowest BCUT2D eigenvalue weighted by Crippen LogP contribution is -2.05. The zero-order valence-corrected chi connectivity index (χ0v) is 11.6. The van der Waals surface area contributed by atoms with E-state index in [2.05, 4.69) is 5.32 Å². The lowest BCUT2D eigenvalue weighted by molar-refractivity contribution is -0.384. The quantitative estimate of drug-likeness (QED) is 0.661. The Kier molecular flexibility index (Phi) is 3.89. The summed E-state index contributed by atoms with van der Waals surface area (Å²) in [6.45, 7) is 3.72. The number of benzene rings is 2. The maximum Gasteiger partial charge on any atom is 0.337 e. The maximum absolute atomic E-state index is 11.3. The average Bonchev–Trinajstić information content (AvgIpc) is 2.44. The minimum absolute atomic E-state index is 0.0139. The second-order valence-electron chi connectivity index (χ2n) is 4.66. The maximum atomic E-state index is 11.3. The number of aromatic carboxylic acids is 1. The van der Waals surface area contributed by atoms with Gasteiger partial charge < -0.3 is 10.4 Å². The molecule has 0 amide bonds. The van der Waals surface area contributed by atoms with E-state index in [0.29, 0.717) is 11.4 Å². The second-order valence-corrected chi connectivity index (χ2v) is 4.66. The molecule has 0 unspecified atom stereocenters. The second kappa shape index (κ2) is 5.62. The first-order chi connectivity index (χ1) is 9.90. The van der Waals surface area contributed by atoms with Gasteiger partial charge >= 0.3 is 5.97 Å². The molecule has 2 aromatic rings. The number of nitrogens with zero attached hydrogens (tertiary/aromatic N) is 1. The van der Waals surface area contributed by atoms with Gasteiger partial charge in [-0.25, -0.2) is 4.79 Å². The summed E-state index contributed by atoms with van der Waals surface area (Å²) in [6.07, 6.45) is 0. The molecule has 6 nitrogen and oxygen atoms in total. The molecule has 0 saturated heterocycles. The molecule has 0 heterocycles. The molecule has 0 fully saturated rings. The van der Waals surface area contributed by atoms with Crippen LogP contribution in [0.3, 0.4) is 0 Å². The van der Waals surface area contributed by atoms with E-state index in [1.165, 1.54) is 12.1 Å². The van der Waals surface area contributed by atoms with E-state index in [4.69, 9.17) is 0 Å². The van der Waals surface area contributed by atoms with Crippen molar-refractivity contribution < 1.29 is 14.8 Å². The molecule has 0 spiro atoms. The van der Waals surface area contributed by atoms with E-state index in [1.807, 2.05) is 13.8 Å². The Morgan fingerprint density at radius 2 is 1.76 bits per heavy atom. The van der Waals surface area contributed by atoms with Gasteiger partial charge in [-0.1, -0.05) is 6.07 Å². The number of carboxylic acids is 1. The van der Waals surface area contributed by atoms with E-state index in [-0.39, 0.29) is 11.3 Å². The Hall–Kier alpha value is -2.89. The lowest BCUT2D eigenvalue weighted by atomic mass is 10.0. The normalized spacial score (nSPS) is 10.2. The van der Waals surface area contributed by atoms with E-state index < -0.39 is 10.9 Å². The number of hydrogen-bond acceptors (Lipinski definition) is 4. The van der Waals surface area contributed by atoms with Crippen LogP contribution in [0.1, 0.15) is 21.5 Å². The van der Waals surface area contributed by atoms with Crippen LogP contribution in [-0.2, 0) is 0 Å². The van der Waals surface area contributed by atoms with Crippen LogP contribution in [0, 0.1) is 24.0 Å². The van der Waals surface area contributed by atoms with Crippen LogP contribution >= 0.6 is 0 Å². The molecule has 0 aromatic heterocycles. The van der Waals surface area contributed by atoms with Gasteiger partial charge in [0.05, 0.1) is 16.2 Å². The SMILES string of the molecule is Cc1ccc(C(=O)O)c(Nc2ccc([N+](=O)[O-])cc2)c1C. The fourth-order valence-electron chi connectivity index (χ4n) is 1.97. The Balaban J connectivity index is 2.41. The van der Waals surface area contributed by atoms with E-state index in [0.717, 1.165) is 11.1 Å². The number of nitro benzene ring substituents is 1. The first kappa shape index (κ1) is 14.5. The average molecular weight is 286 g/mol. The summed E-state index contributed by atoms with van der Waals surface area (Å²) in [4.78, 5) is 21.4. The molecule has 2 N–H and O–H groups in total. The van der Waals surface area contributed by atoms with Crippen LogP contribution < -0.4 is 5.32 Å². The summed E-state index contributed by atoms with van der Waals surface area (Å²) in [7, 11) is 0. The highest BCUT2D eigenvalue weighted by molar-refractivity contribution is 5.96. The van der Waals surface area contributed by atoms with Gasteiger partial charge in [0.25, 0.3) is 5.69 Å². The predicted molar refractivity (Wildman–Crippen MR) is 79.3 cm³/mol. The summed E-state index contributed by atoms with van der Waals surface area (Å²) in [5, 5.41) is 22.9. The molecule has 6 heteroatoms. The first-order valence-corrected chi connectivity index (χ1v) is 6.25. The molecule has 0 radical (unpaired) electrons. The molecule has 0 atom stereocenters. The highest BCUT2D eigenvalue weighted by Gasteiger charge is 2.14. The highest BCUT2D eigenvalue weighted by atomic mass is 16.6. The standard InChI is InChI=1S/C15H14N2O4/c1-9-3-8-13(15(18)19)14(10(9)2)16-11-4-6-12(7-5-11)17(20)21/h3-8,16H,1-2H3,(H,18,19). The van der Waals surface area contributed by atoms with Gasteiger partial charge in [0.2, 0.25) is 0 Å². The summed E-state index contributed by atoms with van der Waals surface area (Å²) < 4.78 is 0. The van der Waals surface area contributed by atoms with Gasteiger partial charge in [-0.05, 0) is 43.2 Å². The molecule has 0 aliphatic heterocycles. The summed E-state index contributed by atoms with van der Waals surface area (Å²) in [5.41, 5.74) is 3.03. The third-order valence-electron chi connectivity index (χ3n) is 3.31. The molecular weight excluding hydrogens is 272 g/mol. The molecule has 0 aliphatic carbocycles. The van der Waals surface area contributed by atoms with E-state index in [1.54, 1.807) is 24.3 Å². The number of carboxylic acid groups (broad SMARTS) is 1. The topological polar surface area (TPSA) is 92.5 Å². The summed E-state index contributed by atoms with van der Waals surface area (Å²) >= 11 is 0. The van der Waals surface area contributed by atoms with Crippen LogP contribution in [0.25, 0.3) is 0 Å². The van der Waals surface area contributed by atoms with Crippen molar-refractivity contribution in [3.8, 4) is 0 Å². The molecule has 2 aromatic carbocycles. The molecule has 21 heavy (non-hydrogen) atoms. The smallest absolute Gasteiger partial charge is 0.337 e.